The zero-order valence-electron chi connectivity index (χ0n) is 10.4. The van der Waals surface area contributed by atoms with Crippen LogP contribution >= 0.6 is 0 Å². The van der Waals surface area contributed by atoms with E-state index < -0.39 is 0 Å². The van der Waals surface area contributed by atoms with Gasteiger partial charge in [0.15, 0.2) is 11.6 Å². The molecule has 0 aliphatic carbocycles. The molecule has 0 amide bonds. The van der Waals surface area contributed by atoms with Gasteiger partial charge in [-0.1, -0.05) is 0 Å². The Balaban J connectivity index is 3.02. The smallest absolute Gasteiger partial charge is 0.171 e. The minimum Gasteiger partial charge on any atom is -0.490 e. The Hall–Kier alpha value is -1.29. The van der Waals surface area contributed by atoms with Crippen LogP contribution in [0.2, 0.25) is 0 Å². The van der Waals surface area contributed by atoms with E-state index in [0.717, 1.165) is 11.6 Å². The zero-order valence-corrected chi connectivity index (χ0v) is 10.4. The summed E-state index contributed by atoms with van der Waals surface area (Å²) < 4.78 is 5.51. The molecule has 0 aliphatic heterocycles. The molecule has 1 aromatic heterocycles. The first-order valence-electron chi connectivity index (χ1n) is 5.45. The van der Waals surface area contributed by atoms with E-state index in [1.165, 1.54) is 0 Å². The SMILES string of the molecule is CCOc1cccnc1N(C)C(C)(C)CO. The van der Waals surface area contributed by atoms with E-state index in [1.807, 2.05) is 44.9 Å². The van der Waals surface area contributed by atoms with Crippen molar-refractivity contribution in [1.29, 1.82) is 0 Å². The molecule has 4 nitrogen and oxygen atoms in total. The van der Waals surface area contributed by atoms with Crippen molar-refractivity contribution in [2.24, 2.45) is 0 Å². The third kappa shape index (κ3) is 2.64. The molecule has 0 radical (unpaired) electrons. The first-order chi connectivity index (χ1) is 7.53. The van der Waals surface area contributed by atoms with E-state index >= 15 is 0 Å². The molecule has 0 aromatic carbocycles. The lowest BCUT2D eigenvalue weighted by molar-refractivity contribution is 0.214. The lowest BCUT2D eigenvalue weighted by Gasteiger charge is -2.35. The molecule has 1 rings (SSSR count). The second kappa shape index (κ2) is 5.16. The van der Waals surface area contributed by atoms with Gasteiger partial charge in [-0.25, -0.2) is 4.98 Å². The Morgan fingerprint density at radius 2 is 2.19 bits per heavy atom. The third-order valence-corrected chi connectivity index (χ3v) is 2.66. The van der Waals surface area contributed by atoms with Crippen LogP contribution < -0.4 is 9.64 Å². The van der Waals surface area contributed by atoms with Gasteiger partial charge in [0.25, 0.3) is 0 Å². The number of aromatic nitrogens is 1. The molecule has 90 valence electrons. The molecule has 0 atom stereocenters. The number of hydrogen-bond donors (Lipinski definition) is 1. The second-order valence-corrected chi connectivity index (χ2v) is 4.29. The van der Waals surface area contributed by atoms with Crippen molar-refractivity contribution in [3.05, 3.63) is 18.3 Å². The molecule has 0 saturated carbocycles. The fourth-order valence-corrected chi connectivity index (χ4v) is 1.30. The molecule has 1 N–H and O–H groups in total. The van der Waals surface area contributed by atoms with Crippen LogP contribution in [0.4, 0.5) is 5.82 Å². The van der Waals surface area contributed by atoms with Crippen LogP contribution in [-0.4, -0.2) is 35.9 Å². The molecule has 4 heteroatoms. The van der Waals surface area contributed by atoms with E-state index in [4.69, 9.17) is 4.74 Å². The number of nitrogens with zero attached hydrogens (tertiary/aromatic N) is 2. The first-order valence-corrected chi connectivity index (χ1v) is 5.45. The number of pyridine rings is 1. The van der Waals surface area contributed by atoms with E-state index in [-0.39, 0.29) is 12.1 Å². The van der Waals surface area contributed by atoms with Gasteiger partial charge in [-0.15, -0.1) is 0 Å². The van der Waals surface area contributed by atoms with Gasteiger partial charge in [-0.05, 0) is 32.9 Å². The van der Waals surface area contributed by atoms with Crippen LogP contribution in [0.15, 0.2) is 18.3 Å². The number of aliphatic hydroxyl groups is 1. The number of anilines is 1. The fourth-order valence-electron chi connectivity index (χ4n) is 1.30. The monoisotopic (exact) mass is 224 g/mol. The lowest BCUT2D eigenvalue weighted by atomic mass is 10.1. The standard InChI is InChI=1S/C12H20N2O2/c1-5-16-10-7-6-8-13-11(10)14(4)12(2,3)9-15/h6-8,15H,5,9H2,1-4H3. The van der Waals surface area contributed by atoms with Crippen molar-refractivity contribution in [2.75, 3.05) is 25.2 Å². The Labute approximate surface area is 96.9 Å². The van der Waals surface area contributed by atoms with Gasteiger partial charge < -0.3 is 14.7 Å². The predicted octanol–water partition coefficient (Wildman–Crippen LogP) is 1.69. The van der Waals surface area contributed by atoms with Crippen LogP contribution in [0.1, 0.15) is 20.8 Å². The van der Waals surface area contributed by atoms with Crippen LogP contribution in [-0.2, 0) is 0 Å². The topological polar surface area (TPSA) is 45.6 Å². The van der Waals surface area contributed by atoms with Crippen molar-refractivity contribution in [3.63, 3.8) is 0 Å². The lowest BCUT2D eigenvalue weighted by Crippen LogP contribution is -2.45. The second-order valence-electron chi connectivity index (χ2n) is 4.29. The Morgan fingerprint density at radius 1 is 1.50 bits per heavy atom. The van der Waals surface area contributed by atoms with Crippen molar-refractivity contribution in [3.8, 4) is 5.75 Å². The highest BCUT2D eigenvalue weighted by Gasteiger charge is 2.25. The highest BCUT2D eigenvalue weighted by Crippen LogP contribution is 2.29. The summed E-state index contributed by atoms with van der Waals surface area (Å²) in [6.45, 7) is 6.51. The Kier molecular flexibility index (Phi) is 4.12. The summed E-state index contributed by atoms with van der Waals surface area (Å²) in [5.74, 6) is 1.50. The number of likely N-dealkylation sites (N-methyl/N-ethyl adjacent to an activating group) is 1. The summed E-state index contributed by atoms with van der Waals surface area (Å²) in [5.41, 5.74) is -0.361. The first kappa shape index (κ1) is 12.8. The van der Waals surface area contributed by atoms with Gasteiger partial charge in [0, 0.05) is 13.2 Å². The number of ether oxygens (including phenoxy) is 1. The molecule has 0 spiro atoms. The summed E-state index contributed by atoms with van der Waals surface area (Å²) in [7, 11) is 1.90. The molecule has 0 aliphatic rings. The maximum absolute atomic E-state index is 9.34. The van der Waals surface area contributed by atoms with Gasteiger partial charge in [-0.3, -0.25) is 0 Å². The molecule has 0 unspecified atom stereocenters. The molecule has 0 fully saturated rings. The average molecular weight is 224 g/mol. The maximum Gasteiger partial charge on any atom is 0.171 e. The Morgan fingerprint density at radius 3 is 2.75 bits per heavy atom. The summed E-state index contributed by atoms with van der Waals surface area (Å²) in [6.07, 6.45) is 1.72. The van der Waals surface area contributed by atoms with E-state index in [0.29, 0.717) is 6.61 Å². The molecular weight excluding hydrogens is 204 g/mol. The maximum atomic E-state index is 9.34. The quantitative estimate of drug-likeness (QED) is 0.826. The molecule has 1 heterocycles. The largest absolute Gasteiger partial charge is 0.490 e. The molecule has 0 bridgehead atoms. The summed E-state index contributed by atoms with van der Waals surface area (Å²) >= 11 is 0. The summed E-state index contributed by atoms with van der Waals surface area (Å²) in [5, 5.41) is 9.34. The van der Waals surface area contributed by atoms with Gasteiger partial charge in [0.05, 0.1) is 18.8 Å². The minimum absolute atomic E-state index is 0.0612. The average Bonchev–Trinajstić information content (AvgIpc) is 2.29. The van der Waals surface area contributed by atoms with Crippen molar-refractivity contribution in [2.45, 2.75) is 26.3 Å². The van der Waals surface area contributed by atoms with Gasteiger partial charge in [-0.2, -0.15) is 0 Å². The van der Waals surface area contributed by atoms with Gasteiger partial charge in [0.1, 0.15) is 0 Å². The van der Waals surface area contributed by atoms with E-state index in [9.17, 15) is 5.11 Å². The predicted molar refractivity (Wildman–Crippen MR) is 65.0 cm³/mol. The summed E-state index contributed by atoms with van der Waals surface area (Å²) in [4.78, 5) is 6.23. The number of hydrogen-bond acceptors (Lipinski definition) is 4. The molecule has 1 aromatic rings. The van der Waals surface area contributed by atoms with Crippen LogP contribution in [0.25, 0.3) is 0 Å². The van der Waals surface area contributed by atoms with Crippen LogP contribution in [0, 0.1) is 0 Å². The molecule has 16 heavy (non-hydrogen) atoms. The van der Waals surface area contributed by atoms with Crippen molar-refractivity contribution in [1.82, 2.24) is 4.98 Å². The van der Waals surface area contributed by atoms with E-state index in [1.54, 1.807) is 6.20 Å². The highest BCUT2D eigenvalue weighted by atomic mass is 16.5. The molecular formula is C12H20N2O2. The molecule has 0 saturated heterocycles. The van der Waals surface area contributed by atoms with Crippen LogP contribution in [0.3, 0.4) is 0 Å². The normalized spacial score (nSPS) is 11.3. The summed E-state index contributed by atoms with van der Waals surface area (Å²) in [6, 6.07) is 3.73. The zero-order chi connectivity index (χ0) is 12.2. The number of rotatable bonds is 5. The highest BCUT2D eigenvalue weighted by molar-refractivity contribution is 5.53. The van der Waals surface area contributed by atoms with E-state index in [2.05, 4.69) is 4.98 Å². The van der Waals surface area contributed by atoms with Gasteiger partial charge >= 0.3 is 0 Å². The minimum atomic E-state index is -0.361. The van der Waals surface area contributed by atoms with Crippen molar-refractivity contribution < 1.29 is 9.84 Å². The van der Waals surface area contributed by atoms with Crippen LogP contribution in [0.5, 0.6) is 5.75 Å². The van der Waals surface area contributed by atoms with Gasteiger partial charge in [0.2, 0.25) is 0 Å². The third-order valence-electron chi connectivity index (χ3n) is 2.66. The Bertz CT molecular complexity index is 340. The fraction of sp³-hybridized carbons (Fsp3) is 0.583. The van der Waals surface area contributed by atoms with Crippen molar-refractivity contribution >= 4 is 5.82 Å². The number of aliphatic hydroxyl groups excluding tert-OH is 1.